The number of rotatable bonds is 5. The summed E-state index contributed by atoms with van der Waals surface area (Å²) >= 11 is 6.34. The molecule has 2 aliphatic heterocycles. The van der Waals surface area contributed by atoms with Crippen LogP contribution in [0.3, 0.4) is 0 Å². The molecule has 0 N–H and O–H groups in total. The van der Waals surface area contributed by atoms with Crippen molar-refractivity contribution in [3.8, 4) is 5.75 Å². The number of amides is 1. The van der Waals surface area contributed by atoms with Crippen molar-refractivity contribution >= 4 is 33.2 Å². The van der Waals surface area contributed by atoms with Crippen LogP contribution in [-0.4, -0.2) is 69.9 Å². The van der Waals surface area contributed by atoms with Crippen molar-refractivity contribution < 1.29 is 17.9 Å². The molecule has 1 amide bonds. The van der Waals surface area contributed by atoms with Gasteiger partial charge in [-0.2, -0.15) is 4.31 Å². The molecule has 7 nitrogen and oxygen atoms in total. The molecule has 2 heterocycles. The van der Waals surface area contributed by atoms with E-state index in [2.05, 4.69) is 11.8 Å². The number of halogens is 1. The summed E-state index contributed by atoms with van der Waals surface area (Å²) < 4.78 is 33.0. The van der Waals surface area contributed by atoms with Gasteiger partial charge >= 0.3 is 0 Å². The number of carbonyl (C=O) groups is 1. The number of hydrogen-bond donors (Lipinski definition) is 0. The van der Waals surface area contributed by atoms with E-state index in [-0.39, 0.29) is 21.4 Å². The molecule has 2 aliphatic rings. The molecule has 0 spiro atoms. The second kappa shape index (κ2) is 9.91. The van der Waals surface area contributed by atoms with Crippen molar-refractivity contribution in [3.05, 3.63) is 53.1 Å². The Morgan fingerprint density at radius 3 is 2.21 bits per heavy atom. The van der Waals surface area contributed by atoms with Gasteiger partial charge in [-0.25, -0.2) is 8.42 Å². The van der Waals surface area contributed by atoms with Gasteiger partial charge in [-0.15, -0.1) is 0 Å². The van der Waals surface area contributed by atoms with Gasteiger partial charge < -0.3 is 14.5 Å². The maximum absolute atomic E-state index is 13.2. The first-order valence-electron chi connectivity index (χ1n) is 11.3. The fourth-order valence-corrected chi connectivity index (χ4v) is 6.03. The van der Waals surface area contributed by atoms with E-state index in [0.29, 0.717) is 45.2 Å². The van der Waals surface area contributed by atoms with Crippen LogP contribution < -0.4 is 9.64 Å². The van der Waals surface area contributed by atoms with Gasteiger partial charge in [0.1, 0.15) is 5.75 Å². The van der Waals surface area contributed by atoms with Crippen LogP contribution in [0.15, 0.2) is 47.4 Å². The lowest BCUT2D eigenvalue weighted by Crippen LogP contribution is -2.48. The monoisotopic (exact) mass is 491 g/mol. The summed E-state index contributed by atoms with van der Waals surface area (Å²) in [6, 6.07) is 12.3. The fraction of sp³-hybridized carbons (Fsp3) is 0.458. The normalized spacial score (nSPS) is 18.4. The molecule has 4 rings (SSSR count). The molecule has 0 saturated carbocycles. The van der Waals surface area contributed by atoms with E-state index in [0.717, 1.165) is 24.3 Å². The highest BCUT2D eigenvalue weighted by Crippen LogP contribution is 2.28. The molecule has 33 heavy (non-hydrogen) atoms. The van der Waals surface area contributed by atoms with Crippen molar-refractivity contribution in [2.75, 3.05) is 51.3 Å². The van der Waals surface area contributed by atoms with Crippen LogP contribution in [0.2, 0.25) is 5.02 Å². The Hall–Kier alpha value is -2.29. The summed E-state index contributed by atoms with van der Waals surface area (Å²) in [6.45, 7) is 5.56. The molecule has 0 unspecified atom stereocenters. The molecule has 2 fully saturated rings. The number of piperidine rings is 1. The highest BCUT2D eigenvalue weighted by molar-refractivity contribution is 7.89. The molecule has 2 aromatic carbocycles. The van der Waals surface area contributed by atoms with Gasteiger partial charge in [0.05, 0.1) is 22.6 Å². The first-order chi connectivity index (χ1) is 15.8. The number of methoxy groups -OCH3 is 1. The van der Waals surface area contributed by atoms with Crippen molar-refractivity contribution in [1.29, 1.82) is 0 Å². The van der Waals surface area contributed by atoms with Crippen LogP contribution >= 0.6 is 11.6 Å². The topological polar surface area (TPSA) is 70.2 Å². The molecule has 2 aromatic rings. The minimum atomic E-state index is -3.65. The Bertz CT molecular complexity index is 1090. The van der Waals surface area contributed by atoms with Gasteiger partial charge in [0.15, 0.2) is 0 Å². The molecule has 0 aliphatic carbocycles. The van der Waals surface area contributed by atoms with E-state index < -0.39 is 10.0 Å². The van der Waals surface area contributed by atoms with Crippen molar-refractivity contribution in [1.82, 2.24) is 9.21 Å². The average molecular weight is 492 g/mol. The fourth-order valence-electron chi connectivity index (χ4n) is 4.33. The minimum Gasteiger partial charge on any atom is -0.497 e. The van der Waals surface area contributed by atoms with E-state index in [1.54, 1.807) is 12.0 Å². The molecule has 0 bridgehead atoms. The summed E-state index contributed by atoms with van der Waals surface area (Å²) in [5.41, 5.74) is 1.31. The Balaban J connectivity index is 1.46. The zero-order valence-electron chi connectivity index (χ0n) is 19.0. The second-order valence-corrected chi connectivity index (χ2v) is 11.1. The van der Waals surface area contributed by atoms with Gasteiger partial charge in [-0.1, -0.05) is 18.5 Å². The lowest BCUT2D eigenvalue weighted by Gasteiger charge is -2.36. The maximum atomic E-state index is 13.2. The number of ether oxygens (including phenoxy) is 1. The first-order valence-corrected chi connectivity index (χ1v) is 13.1. The number of carbonyl (C=O) groups excluding carboxylic acids is 1. The van der Waals surface area contributed by atoms with Crippen LogP contribution in [0.1, 0.15) is 30.1 Å². The first kappa shape index (κ1) is 23.9. The van der Waals surface area contributed by atoms with Gasteiger partial charge in [0, 0.05) is 45.0 Å². The summed E-state index contributed by atoms with van der Waals surface area (Å²) in [7, 11) is -2.02. The summed E-state index contributed by atoms with van der Waals surface area (Å²) in [5, 5.41) is 0.267. The number of benzene rings is 2. The lowest BCUT2D eigenvalue weighted by molar-refractivity contribution is 0.0746. The van der Waals surface area contributed by atoms with E-state index in [1.807, 2.05) is 24.3 Å². The standard InChI is InChI=1S/C24H30ClN3O4S/c1-18-9-11-28(12-10-18)33(30,31)21-7-8-23(25)22(17-21)24(29)27-15-13-26(14-16-27)19-3-5-20(32-2)6-4-19/h3-8,17-18H,9-16H2,1-2H3. The van der Waals surface area contributed by atoms with Crippen LogP contribution in [0.5, 0.6) is 5.75 Å². The highest BCUT2D eigenvalue weighted by Gasteiger charge is 2.30. The van der Waals surface area contributed by atoms with Crippen LogP contribution in [0, 0.1) is 5.92 Å². The van der Waals surface area contributed by atoms with Crippen LogP contribution in [-0.2, 0) is 10.0 Å². The summed E-state index contributed by atoms with van der Waals surface area (Å²) in [5.74, 6) is 1.09. The Labute approximate surface area is 200 Å². The van der Waals surface area contributed by atoms with E-state index in [9.17, 15) is 13.2 Å². The van der Waals surface area contributed by atoms with Crippen molar-refractivity contribution in [3.63, 3.8) is 0 Å². The quantitative estimate of drug-likeness (QED) is 0.637. The number of hydrogen-bond acceptors (Lipinski definition) is 5. The Morgan fingerprint density at radius 1 is 0.970 bits per heavy atom. The number of anilines is 1. The van der Waals surface area contributed by atoms with Crippen molar-refractivity contribution in [2.45, 2.75) is 24.7 Å². The molecule has 0 atom stereocenters. The second-order valence-electron chi connectivity index (χ2n) is 8.71. The molecule has 0 aromatic heterocycles. The molecule has 178 valence electrons. The zero-order valence-corrected chi connectivity index (χ0v) is 20.6. The molecule has 2 saturated heterocycles. The van der Waals surface area contributed by atoms with Crippen molar-refractivity contribution in [2.24, 2.45) is 5.92 Å². The van der Waals surface area contributed by atoms with Crippen LogP contribution in [0.25, 0.3) is 0 Å². The van der Waals surface area contributed by atoms with Gasteiger partial charge in [0.25, 0.3) is 5.91 Å². The third-order valence-corrected chi connectivity index (χ3v) is 8.78. The SMILES string of the molecule is COc1ccc(N2CCN(C(=O)c3cc(S(=O)(=O)N4CCC(C)CC4)ccc3Cl)CC2)cc1. The molecule has 0 radical (unpaired) electrons. The number of sulfonamides is 1. The number of nitrogens with zero attached hydrogens (tertiary/aromatic N) is 3. The van der Waals surface area contributed by atoms with E-state index in [4.69, 9.17) is 16.3 Å². The van der Waals surface area contributed by atoms with E-state index >= 15 is 0 Å². The third kappa shape index (κ3) is 5.13. The predicted octanol–water partition coefficient (Wildman–Crippen LogP) is 3.73. The Morgan fingerprint density at radius 2 is 1.61 bits per heavy atom. The van der Waals surface area contributed by atoms with Gasteiger partial charge in [0.2, 0.25) is 10.0 Å². The average Bonchev–Trinajstić information content (AvgIpc) is 2.84. The number of piperazine rings is 1. The summed E-state index contributed by atoms with van der Waals surface area (Å²) in [6.07, 6.45) is 1.69. The molecule has 9 heteroatoms. The lowest BCUT2D eigenvalue weighted by atomic mass is 10.0. The zero-order chi connectivity index (χ0) is 23.6. The minimum absolute atomic E-state index is 0.127. The van der Waals surface area contributed by atoms with E-state index in [1.165, 1.54) is 22.5 Å². The molecular formula is C24H30ClN3O4S. The van der Waals surface area contributed by atoms with Gasteiger partial charge in [-0.05, 0) is 61.2 Å². The maximum Gasteiger partial charge on any atom is 0.255 e. The van der Waals surface area contributed by atoms with Gasteiger partial charge in [-0.3, -0.25) is 4.79 Å². The molecular weight excluding hydrogens is 462 g/mol. The highest BCUT2D eigenvalue weighted by atomic mass is 35.5. The largest absolute Gasteiger partial charge is 0.497 e. The smallest absolute Gasteiger partial charge is 0.255 e. The Kier molecular flexibility index (Phi) is 7.16. The van der Waals surface area contributed by atoms with Crippen LogP contribution in [0.4, 0.5) is 5.69 Å². The summed E-state index contributed by atoms with van der Waals surface area (Å²) in [4.78, 5) is 17.3. The predicted molar refractivity (Wildman–Crippen MR) is 130 cm³/mol. The third-order valence-electron chi connectivity index (χ3n) is 6.55.